The molecule has 0 unspecified atom stereocenters. The molecule has 0 spiro atoms. The number of rotatable bonds is 3. The fourth-order valence-electron chi connectivity index (χ4n) is 2.29. The Labute approximate surface area is 116 Å². The van der Waals surface area contributed by atoms with E-state index in [1.165, 1.54) is 12.1 Å². The quantitative estimate of drug-likeness (QED) is 0.684. The third-order valence-electron chi connectivity index (χ3n) is 3.57. The molecule has 1 fully saturated rings. The third kappa shape index (κ3) is 3.65. The Hall–Kier alpha value is -1.17. The highest BCUT2D eigenvalue weighted by molar-refractivity contribution is 6.30. The molecule has 5 nitrogen and oxygen atoms in total. The van der Waals surface area contributed by atoms with Crippen LogP contribution in [0.3, 0.4) is 0 Å². The predicted molar refractivity (Wildman–Crippen MR) is 73.2 cm³/mol. The maximum atomic E-state index is 11.0. The summed E-state index contributed by atoms with van der Waals surface area (Å²) < 4.78 is 0. The number of hydrogen-bond acceptors (Lipinski definition) is 4. The van der Waals surface area contributed by atoms with Crippen molar-refractivity contribution >= 4 is 17.3 Å². The molecule has 0 bridgehead atoms. The second-order valence-corrected chi connectivity index (χ2v) is 5.74. The Morgan fingerprint density at radius 3 is 2.68 bits per heavy atom. The van der Waals surface area contributed by atoms with E-state index in [1.54, 1.807) is 6.07 Å². The molecule has 1 N–H and O–H groups in total. The van der Waals surface area contributed by atoms with Gasteiger partial charge >= 0.3 is 0 Å². The Morgan fingerprint density at radius 1 is 1.47 bits per heavy atom. The van der Waals surface area contributed by atoms with Crippen molar-refractivity contribution in [2.24, 2.45) is 0 Å². The summed E-state index contributed by atoms with van der Waals surface area (Å²) in [4.78, 5) is 12.7. The zero-order valence-corrected chi connectivity index (χ0v) is 11.6. The molecule has 1 saturated heterocycles. The molecule has 0 atom stereocenters. The number of nitro benzene ring substituents is 1. The Kier molecular flexibility index (Phi) is 4.08. The fraction of sp³-hybridized carbons (Fsp3) is 0.538. The highest BCUT2D eigenvalue weighted by atomic mass is 35.5. The molecular weight excluding hydrogens is 268 g/mol. The van der Waals surface area contributed by atoms with Gasteiger partial charge in [0, 0.05) is 36.3 Å². The first-order chi connectivity index (χ1) is 8.87. The fourth-order valence-corrected chi connectivity index (χ4v) is 2.49. The Morgan fingerprint density at radius 2 is 2.11 bits per heavy atom. The first-order valence-electron chi connectivity index (χ1n) is 6.25. The van der Waals surface area contributed by atoms with Crippen LogP contribution in [0.5, 0.6) is 0 Å². The second kappa shape index (κ2) is 5.45. The summed E-state index contributed by atoms with van der Waals surface area (Å²) in [5, 5.41) is 21.4. The van der Waals surface area contributed by atoms with Crippen molar-refractivity contribution in [1.29, 1.82) is 0 Å². The first-order valence-corrected chi connectivity index (χ1v) is 6.63. The maximum Gasteiger partial charge on any atom is 0.273 e. The van der Waals surface area contributed by atoms with E-state index in [2.05, 4.69) is 4.90 Å². The summed E-state index contributed by atoms with van der Waals surface area (Å²) in [6.45, 7) is 3.78. The van der Waals surface area contributed by atoms with E-state index in [9.17, 15) is 15.2 Å². The van der Waals surface area contributed by atoms with Crippen molar-refractivity contribution in [3.63, 3.8) is 0 Å². The van der Waals surface area contributed by atoms with Crippen LogP contribution in [-0.2, 0) is 6.54 Å². The molecule has 0 aliphatic carbocycles. The highest BCUT2D eigenvalue weighted by Gasteiger charge is 2.28. The lowest BCUT2D eigenvalue weighted by molar-refractivity contribution is -0.385. The number of benzene rings is 1. The summed E-state index contributed by atoms with van der Waals surface area (Å²) in [7, 11) is 0. The van der Waals surface area contributed by atoms with Crippen LogP contribution in [0.4, 0.5) is 5.69 Å². The van der Waals surface area contributed by atoms with Crippen molar-refractivity contribution in [1.82, 2.24) is 4.90 Å². The van der Waals surface area contributed by atoms with Crippen LogP contribution in [0.15, 0.2) is 18.2 Å². The molecule has 6 heteroatoms. The van der Waals surface area contributed by atoms with Crippen LogP contribution in [0.25, 0.3) is 0 Å². The van der Waals surface area contributed by atoms with E-state index in [-0.39, 0.29) is 10.6 Å². The molecule has 1 aliphatic rings. The van der Waals surface area contributed by atoms with Gasteiger partial charge in [-0.15, -0.1) is 0 Å². The average Bonchev–Trinajstić information content (AvgIpc) is 2.31. The van der Waals surface area contributed by atoms with E-state index < -0.39 is 5.60 Å². The van der Waals surface area contributed by atoms with Gasteiger partial charge in [-0.1, -0.05) is 11.6 Å². The van der Waals surface area contributed by atoms with E-state index in [1.807, 2.05) is 6.92 Å². The van der Waals surface area contributed by atoms with E-state index >= 15 is 0 Å². The number of likely N-dealkylation sites (tertiary alicyclic amines) is 1. The number of piperidine rings is 1. The van der Waals surface area contributed by atoms with Gasteiger partial charge in [-0.3, -0.25) is 15.0 Å². The van der Waals surface area contributed by atoms with Crippen molar-refractivity contribution in [3.8, 4) is 0 Å². The zero-order valence-electron chi connectivity index (χ0n) is 10.8. The van der Waals surface area contributed by atoms with Gasteiger partial charge in [-0.05, 0) is 31.9 Å². The summed E-state index contributed by atoms with van der Waals surface area (Å²) in [5.74, 6) is 0. The van der Waals surface area contributed by atoms with Crippen LogP contribution < -0.4 is 0 Å². The van der Waals surface area contributed by atoms with Gasteiger partial charge < -0.3 is 5.11 Å². The minimum absolute atomic E-state index is 0.0988. The molecule has 2 rings (SSSR count). The molecule has 0 amide bonds. The van der Waals surface area contributed by atoms with Crippen molar-refractivity contribution in [2.75, 3.05) is 13.1 Å². The average molecular weight is 285 g/mol. The molecule has 0 saturated carbocycles. The number of nitro groups is 1. The molecular formula is C13H17ClN2O3. The monoisotopic (exact) mass is 284 g/mol. The van der Waals surface area contributed by atoms with Gasteiger partial charge in [-0.25, -0.2) is 0 Å². The van der Waals surface area contributed by atoms with E-state index in [4.69, 9.17) is 11.6 Å². The molecule has 19 heavy (non-hydrogen) atoms. The van der Waals surface area contributed by atoms with Gasteiger partial charge in [-0.2, -0.15) is 0 Å². The summed E-state index contributed by atoms with van der Waals surface area (Å²) in [6.07, 6.45) is 1.36. The predicted octanol–water partition coefficient (Wildman–Crippen LogP) is 2.60. The van der Waals surface area contributed by atoms with Crippen LogP contribution in [0.1, 0.15) is 25.3 Å². The third-order valence-corrected chi connectivity index (χ3v) is 3.80. The van der Waals surface area contributed by atoms with Gasteiger partial charge in [0.1, 0.15) is 0 Å². The standard InChI is InChI=1S/C13H17ClN2O3/c1-13(17)4-6-15(7-5-13)9-10-8-11(14)2-3-12(10)16(18)19/h2-3,8,17H,4-7,9H2,1H3. The maximum absolute atomic E-state index is 11.0. The number of nitrogens with zero attached hydrogens (tertiary/aromatic N) is 2. The summed E-state index contributed by atoms with van der Waals surface area (Å²) >= 11 is 5.90. The molecule has 1 aliphatic heterocycles. The Bertz CT molecular complexity index is 481. The van der Waals surface area contributed by atoms with Gasteiger partial charge in [0.15, 0.2) is 0 Å². The van der Waals surface area contributed by atoms with E-state index in [0.29, 0.717) is 30.0 Å². The van der Waals surface area contributed by atoms with Crippen molar-refractivity contribution in [2.45, 2.75) is 31.9 Å². The van der Waals surface area contributed by atoms with E-state index in [0.717, 1.165) is 13.1 Å². The first kappa shape index (κ1) is 14.2. The molecule has 0 aromatic heterocycles. The summed E-state index contributed by atoms with van der Waals surface area (Å²) in [6, 6.07) is 4.62. The van der Waals surface area contributed by atoms with Crippen LogP contribution >= 0.6 is 11.6 Å². The molecule has 1 aromatic rings. The minimum Gasteiger partial charge on any atom is -0.390 e. The number of aliphatic hydroxyl groups is 1. The van der Waals surface area contributed by atoms with Crippen LogP contribution in [-0.4, -0.2) is 33.6 Å². The van der Waals surface area contributed by atoms with Gasteiger partial charge in [0.05, 0.1) is 10.5 Å². The second-order valence-electron chi connectivity index (χ2n) is 5.30. The van der Waals surface area contributed by atoms with Crippen LogP contribution in [0.2, 0.25) is 5.02 Å². The molecule has 0 radical (unpaired) electrons. The minimum atomic E-state index is -0.614. The lowest BCUT2D eigenvalue weighted by Gasteiger charge is -2.35. The van der Waals surface area contributed by atoms with Crippen LogP contribution in [0, 0.1) is 10.1 Å². The smallest absolute Gasteiger partial charge is 0.273 e. The number of hydrogen-bond donors (Lipinski definition) is 1. The van der Waals surface area contributed by atoms with Crippen molar-refractivity contribution in [3.05, 3.63) is 38.9 Å². The topological polar surface area (TPSA) is 66.6 Å². The molecule has 1 aromatic carbocycles. The zero-order chi connectivity index (χ0) is 14.0. The lowest BCUT2D eigenvalue weighted by Crippen LogP contribution is -2.42. The molecule has 104 valence electrons. The van der Waals surface area contributed by atoms with Gasteiger partial charge in [0.25, 0.3) is 5.69 Å². The highest BCUT2D eigenvalue weighted by Crippen LogP contribution is 2.27. The van der Waals surface area contributed by atoms with Crippen molar-refractivity contribution < 1.29 is 10.0 Å². The number of halogens is 1. The molecule has 1 heterocycles. The SMILES string of the molecule is CC1(O)CCN(Cc2cc(Cl)ccc2[N+](=O)[O-])CC1. The Balaban J connectivity index is 2.11. The lowest BCUT2D eigenvalue weighted by atomic mass is 9.93. The largest absolute Gasteiger partial charge is 0.390 e. The van der Waals surface area contributed by atoms with Gasteiger partial charge in [0.2, 0.25) is 0 Å². The normalized spacial score (nSPS) is 19.3. The summed E-state index contributed by atoms with van der Waals surface area (Å²) in [5.41, 5.74) is 0.109.